The van der Waals surface area contributed by atoms with E-state index >= 15 is 0 Å². The summed E-state index contributed by atoms with van der Waals surface area (Å²) >= 11 is 0. The van der Waals surface area contributed by atoms with Crippen molar-refractivity contribution in [1.82, 2.24) is 9.55 Å². The Morgan fingerprint density at radius 1 is 1.71 bits per heavy atom. The van der Waals surface area contributed by atoms with Gasteiger partial charge in [0, 0.05) is 0 Å². The molecular weight excluding hydrogens is 185 g/mol. The van der Waals surface area contributed by atoms with Crippen LogP contribution in [0.15, 0.2) is 6.20 Å². The molecule has 0 unspecified atom stereocenters. The molecule has 2 rings (SSSR count). The average molecular weight is 191 g/mol. The topological polar surface area (TPSA) is 78.0 Å². The van der Waals surface area contributed by atoms with Crippen molar-refractivity contribution in [3.05, 3.63) is 22.0 Å². The van der Waals surface area contributed by atoms with E-state index in [1.807, 2.05) is 0 Å². The molecule has 0 aromatic carbocycles. The van der Waals surface area contributed by atoms with E-state index in [0.29, 0.717) is 0 Å². The minimum absolute atomic E-state index is 0.0143. The molecule has 0 atom stereocenters. The third-order valence-electron chi connectivity index (χ3n) is 2.11. The Labute approximate surface area is 80.5 Å². The summed E-state index contributed by atoms with van der Waals surface area (Å²) in [5.74, 6) is -0.304. The smallest absolute Gasteiger partial charge is 0.390 e. The molecule has 0 amide bonds. The average Bonchev–Trinajstić information content (AvgIpc) is 2.83. The zero-order valence-corrected chi connectivity index (χ0v) is 7.21. The number of rotatable bonds is 3. The van der Waals surface area contributed by atoms with Crippen LogP contribution in [0.5, 0.6) is 0 Å². The fraction of sp³-hybridized carbons (Fsp3) is 0.429. The maximum atomic E-state index is 10.9. The van der Waals surface area contributed by atoms with E-state index in [4.69, 9.17) is 7.85 Å². The largest absolute Gasteiger partial charge is 0.435 e. The van der Waals surface area contributed by atoms with Gasteiger partial charge >= 0.3 is 5.95 Å². The van der Waals surface area contributed by atoms with E-state index in [2.05, 4.69) is 4.98 Å². The number of hydrogen-bond acceptors (Lipinski definition) is 4. The van der Waals surface area contributed by atoms with Crippen molar-refractivity contribution in [2.45, 2.75) is 18.9 Å². The maximum absolute atomic E-state index is 10.9. The molecule has 14 heavy (non-hydrogen) atoms. The molecule has 0 aliphatic heterocycles. The van der Waals surface area contributed by atoms with Crippen molar-refractivity contribution in [1.29, 1.82) is 0 Å². The third kappa shape index (κ3) is 1.30. The highest BCUT2D eigenvalue weighted by Crippen LogP contribution is 2.38. The molecule has 70 valence electrons. The van der Waals surface area contributed by atoms with Gasteiger partial charge in [0.1, 0.15) is 11.9 Å². The number of carbonyl (C=O) groups is 1. The first-order valence-electron chi connectivity index (χ1n) is 4.12. The molecule has 0 N–H and O–H groups in total. The highest BCUT2D eigenvalue weighted by molar-refractivity contribution is 6.62. The first-order valence-corrected chi connectivity index (χ1v) is 4.12. The van der Waals surface area contributed by atoms with Crippen molar-refractivity contribution >= 4 is 19.5 Å². The summed E-state index contributed by atoms with van der Waals surface area (Å²) in [6.45, 7) is 0. The van der Waals surface area contributed by atoms with Gasteiger partial charge in [0.25, 0.3) is 0 Å². The van der Waals surface area contributed by atoms with E-state index < -0.39 is 10.6 Å². The van der Waals surface area contributed by atoms with Gasteiger partial charge in [-0.25, -0.2) is 4.57 Å². The lowest BCUT2D eigenvalue weighted by molar-refractivity contribution is -0.396. The standard InChI is InChI=1S/C7H6BN3O3/c8-6(12)5-3-9-7(11(13)14)10(5)4-1-2-4/h3-4H,1-2H2. The Bertz CT molecular complexity index is 379. The van der Waals surface area contributed by atoms with Gasteiger partial charge in [-0.2, -0.15) is 0 Å². The maximum Gasteiger partial charge on any atom is 0.435 e. The fourth-order valence-electron chi connectivity index (χ4n) is 1.36. The number of nitro groups is 1. The van der Waals surface area contributed by atoms with Crippen molar-refractivity contribution in [3.8, 4) is 0 Å². The first kappa shape index (κ1) is 8.92. The van der Waals surface area contributed by atoms with Crippen molar-refractivity contribution in [2.75, 3.05) is 0 Å². The predicted molar refractivity (Wildman–Crippen MR) is 47.2 cm³/mol. The Balaban J connectivity index is 2.52. The Hall–Kier alpha value is -1.66. The molecule has 1 aromatic heterocycles. The Kier molecular flexibility index (Phi) is 1.87. The highest BCUT2D eigenvalue weighted by atomic mass is 16.6. The lowest BCUT2D eigenvalue weighted by Crippen LogP contribution is -2.09. The second kappa shape index (κ2) is 2.93. The van der Waals surface area contributed by atoms with E-state index in [-0.39, 0.29) is 17.7 Å². The summed E-state index contributed by atoms with van der Waals surface area (Å²) in [4.78, 5) is 24.4. The summed E-state index contributed by atoms with van der Waals surface area (Å²) in [6, 6.07) is 0.0143. The summed E-state index contributed by atoms with van der Waals surface area (Å²) < 4.78 is 1.31. The minimum Gasteiger partial charge on any atom is -0.390 e. The highest BCUT2D eigenvalue weighted by Gasteiger charge is 2.36. The molecule has 0 bridgehead atoms. The molecule has 6 nitrogen and oxygen atoms in total. The van der Waals surface area contributed by atoms with Crippen LogP contribution >= 0.6 is 0 Å². The molecular formula is C7H6BN3O3. The number of imidazole rings is 1. The number of nitrogens with zero attached hydrogens (tertiary/aromatic N) is 3. The predicted octanol–water partition coefficient (Wildman–Crippen LogP) is 0.435. The second-order valence-corrected chi connectivity index (χ2v) is 3.17. The van der Waals surface area contributed by atoms with E-state index in [1.165, 1.54) is 4.57 Å². The molecule has 1 saturated carbocycles. The zero-order valence-electron chi connectivity index (χ0n) is 7.21. The Morgan fingerprint density at radius 2 is 2.36 bits per heavy atom. The van der Waals surface area contributed by atoms with E-state index in [0.717, 1.165) is 19.0 Å². The molecule has 1 aliphatic carbocycles. The summed E-state index contributed by atoms with van der Waals surface area (Å²) in [7, 11) is 5.07. The van der Waals surface area contributed by atoms with Gasteiger partial charge in [0.15, 0.2) is 13.5 Å². The second-order valence-electron chi connectivity index (χ2n) is 3.17. The molecule has 2 radical (unpaired) electrons. The number of aromatic nitrogens is 2. The van der Waals surface area contributed by atoms with Gasteiger partial charge in [-0.3, -0.25) is 0 Å². The lowest BCUT2D eigenvalue weighted by atomic mass is 10.0. The summed E-state index contributed by atoms with van der Waals surface area (Å²) in [6.07, 6.45) is 2.81. The lowest BCUT2D eigenvalue weighted by Gasteiger charge is -2.00. The SMILES string of the molecule is [B]C(=O)c1cnc([N+](=O)[O-])n1C1CC1. The van der Waals surface area contributed by atoms with E-state index in [9.17, 15) is 14.9 Å². The first-order chi connectivity index (χ1) is 6.61. The Morgan fingerprint density at radius 3 is 2.79 bits per heavy atom. The monoisotopic (exact) mass is 191 g/mol. The molecule has 1 fully saturated rings. The molecule has 1 heterocycles. The third-order valence-corrected chi connectivity index (χ3v) is 2.11. The van der Waals surface area contributed by atoms with Gasteiger partial charge in [0.05, 0.1) is 6.04 Å². The van der Waals surface area contributed by atoms with E-state index in [1.54, 1.807) is 0 Å². The van der Waals surface area contributed by atoms with Gasteiger partial charge in [-0.1, -0.05) is 4.98 Å². The molecule has 0 spiro atoms. The van der Waals surface area contributed by atoms with Crippen LogP contribution in [0.25, 0.3) is 0 Å². The molecule has 1 aromatic rings. The van der Waals surface area contributed by atoms with Crippen LogP contribution in [-0.2, 0) is 0 Å². The fourth-order valence-corrected chi connectivity index (χ4v) is 1.36. The van der Waals surface area contributed by atoms with Gasteiger partial charge in [-0.05, 0) is 17.8 Å². The molecule has 7 heteroatoms. The van der Waals surface area contributed by atoms with Gasteiger partial charge in [0.2, 0.25) is 0 Å². The molecule has 1 aliphatic rings. The number of carbonyl (C=O) groups excluding carboxylic acids is 1. The van der Waals surface area contributed by atoms with Crippen LogP contribution in [0.4, 0.5) is 5.95 Å². The summed E-state index contributed by atoms with van der Waals surface area (Å²) in [5, 5.41) is 10.6. The van der Waals surface area contributed by atoms with Gasteiger partial charge in [-0.15, -0.1) is 0 Å². The van der Waals surface area contributed by atoms with Crippen molar-refractivity contribution in [2.24, 2.45) is 0 Å². The zero-order chi connectivity index (χ0) is 10.3. The summed E-state index contributed by atoms with van der Waals surface area (Å²) in [5.41, 5.74) is -0.572. The minimum atomic E-state index is -0.683. The van der Waals surface area contributed by atoms with Crippen molar-refractivity contribution < 1.29 is 9.72 Å². The van der Waals surface area contributed by atoms with Crippen LogP contribution in [0.3, 0.4) is 0 Å². The van der Waals surface area contributed by atoms with Gasteiger partial charge < -0.3 is 14.9 Å². The van der Waals surface area contributed by atoms with Crippen LogP contribution in [0.2, 0.25) is 0 Å². The normalized spacial score (nSPS) is 15.4. The van der Waals surface area contributed by atoms with Crippen molar-refractivity contribution in [3.63, 3.8) is 0 Å². The number of hydrogen-bond donors (Lipinski definition) is 0. The van der Waals surface area contributed by atoms with Crippen LogP contribution in [0, 0.1) is 10.1 Å². The quantitative estimate of drug-likeness (QED) is 0.394. The molecule has 0 saturated heterocycles. The van der Waals surface area contributed by atoms with Crippen LogP contribution in [0.1, 0.15) is 29.4 Å². The van der Waals surface area contributed by atoms with Crippen LogP contribution in [-0.4, -0.2) is 28.0 Å². The van der Waals surface area contributed by atoms with Crippen LogP contribution < -0.4 is 0 Å².